The molecule has 0 aliphatic rings. The molecule has 0 bridgehead atoms. The minimum atomic E-state index is -0.526. The molecule has 0 heterocycles. The van der Waals surface area contributed by atoms with Crippen molar-refractivity contribution in [3.8, 4) is 6.07 Å². The third-order valence-corrected chi connectivity index (χ3v) is 2.05. The van der Waals surface area contributed by atoms with Gasteiger partial charge in [-0.05, 0) is 29.7 Å². The van der Waals surface area contributed by atoms with E-state index in [0.717, 1.165) is 5.56 Å². The van der Waals surface area contributed by atoms with Crippen LogP contribution in [-0.4, -0.2) is 0 Å². The highest BCUT2D eigenvalue weighted by Crippen LogP contribution is 2.18. The molecule has 0 N–H and O–H groups in total. The van der Waals surface area contributed by atoms with Crippen molar-refractivity contribution in [1.29, 1.82) is 5.26 Å². The molecule has 68 valence electrons. The summed E-state index contributed by atoms with van der Waals surface area (Å²) >= 11 is 5.70. The zero-order chi connectivity index (χ0) is 9.68. The monoisotopic (exact) mass is 197 g/mol. The van der Waals surface area contributed by atoms with Gasteiger partial charge in [0.2, 0.25) is 0 Å². The van der Waals surface area contributed by atoms with E-state index in [4.69, 9.17) is 16.9 Å². The van der Waals surface area contributed by atoms with Crippen LogP contribution in [0.25, 0.3) is 0 Å². The highest BCUT2D eigenvalue weighted by Gasteiger charge is 2.02. The topological polar surface area (TPSA) is 23.8 Å². The van der Waals surface area contributed by atoms with Crippen molar-refractivity contribution < 1.29 is 4.39 Å². The maximum atomic E-state index is 12.5. The van der Waals surface area contributed by atoms with Crippen LogP contribution >= 0.6 is 11.6 Å². The molecule has 13 heavy (non-hydrogen) atoms. The molecule has 0 saturated carbocycles. The molecule has 0 aliphatic heterocycles. The average molecular weight is 198 g/mol. The Bertz CT molecular complexity index is 330. The van der Waals surface area contributed by atoms with E-state index in [2.05, 4.69) is 0 Å². The van der Waals surface area contributed by atoms with Crippen molar-refractivity contribution in [2.24, 2.45) is 0 Å². The number of rotatable bonds is 3. The summed E-state index contributed by atoms with van der Waals surface area (Å²) in [5, 5.41) is 8.91. The first-order chi connectivity index (χ1) is 6.27. The molecule has 0 radical (unpaired) electrons. The highest BCUT2D eigenvalue weighted by atomic mass is 35.5. The maximum Gasteiger partial charge on any atom is 0.115 e. The quantitative estimate of drug-likeness (QED) is 0.730. The summed E-state index contributed by atoms with van der Waals surface area (Å²) in [5.41, 5.74) is 1.45. The Labute approximate surface area is 81.8 Å². The van der Waals surface area contributed by atoms with Crippen LogP contribution in [0, 0.1) is 11.3 Å². The summed E-state index contributed by atoms with van der Waals surface area (Å²) < 4.78 is 12.5. The van der Waals surface area contributed by atoms with E-state index in [-0.39, 0.29) is 0 Å². The van der Waals surface area contributed by atoms with Crippen LogP contribution in [0.4, 0.5) is 4.39 Å². The van der Waals surface area contributed by atoms with Crippen LogP contribution in [0.3, 0.4) is 0 Å². The summed E-state index contributed by atoms with van der Waals surface area (Å²) in [6.07, 6.45) is 1.00. The lowest BCUT2D eigenvalue weighted by molar-refractivity contribution is 0.482. The Balaban J connectivity index is 2.87. The maximum absolute atomic E-state index is 12.5. The van der Waals surface area contributed by atoms with Crippen molar-refractivity contribution in [2.45, 2.75) is 19.5 Å². The number of hydrogen-bond acceptors (Lipinski definition) is 1. The lowest BCUT2D eigenvalue weighted by Gasteiger charge is -2.04. The summed E-state index contributed by atoms with van der Waals surface area (Å²) in [7, 11) is 0. The van der Waals surface area contributed by atoms with Crippen LogP contribution in [0.2, 0.25) is 5.02 Å². The van der Waals surface area contributed by atoms with Gasteiger partial charge in [-0.2, -0.15) is 5.26 Å². The SMILES string of the molecule is N#CCCc1ccc(Cl)cc1CF. The summed E-state index contributed by atoms with van der Waals surface area (Å²) in [5.74, 6) is 0. The normalized spacial score (nSPS) is 9.62. The van der Waals surface area contributed by atoms with Crippen molar-refractivity contribution in [3.05, 3.63) is 34.3 Å². The fourth-order valence-electron chi connectivity index (χ4n) is 1.15. The molecule has 0 atom stereocenters. The highest BCUT2D eigenvalue weighted by molar-refractivity contribution is 6.30. The molecule has 3 heteroatoms. The number of nitriles is 1. The van der Waals surface area contributed by atoms with E-state index < -0.39 is 6.67 Å². The predicted octanol–water partition coefficient (Wildman–Crippen LogP) is 3.27. The number of halogens is 2. The second kappa shape index (κ2) is 4.84. The van der Waals surface area contributed by atoms with Gasteiger partial charge in [0, 0.05) is 11.4 Å². The Hall–Kier alpha value is -1.07. The van der Waals surface area contributed by atoms with E-state index in [1.807, 2.05) is 6.07 Å². The molecule has 0 unspecified atom stereocenters. The second-order valence-electron chi connectivity index (χ2n) is 2.70. The van der Waals surface area contributed by atoms with Gasteiger partial charge in [0.25, 0.3) is 0 Å². The standard InChI is InChI=1S/C10H9ClFN/c11-10-4-3-8(2-1-5-13)9(6-10)7-12/h3-4,6H,1-2,7H2. The number of aryl methyl sites for hydroxylation is 1. The van der Waals surface area contributed by atoms with Crippen molar-refractivity contribution in [1.82, 2.24) is 0 Å². The Morgan fingerprint density at radius 1 is 1.38 bits per heavy atom. The molecule has 1 nitrogen and oxygen atoms in total. The zero-order valence-corrected chi connectivity index (χ0v) is 7.81. The van der Waals surface area contributed by atoms with Gasteiger partial charge in [-0.15, -0.1) is 0 Å². The van der Waals surface area contributed by atoms with Crippen molar-refractivity contribution in [3.63, 3.8) is 0 Å². The van der Waals surface area contributed by atoms with Crippen LogP contribution in [0.5, 0.6) is 0 Å². The van der Waals surface area contributed by atoms with Gasteiger partial charge < -0.3 is 0 Å². The van der Waals surface area contributed by atoms with E-state index in [1.165, 1.54) is 0 Å². The van der Waals surface area contributed by atoms with Gasteiger partial charge in [-0.1, -0.05) is 17.7 Å². The zero-order valence-electron chi connectivity index (χ0n) is 7.06. The fraction of sp³-hybridized carbons (Fsp3) is 0.300. The van der Waals surface area contributed by atoms with Gasteiger partial charge in [0.05, 0.1) is 6.07 Å². The third-order valence-electron chi connectivity index (χ3n) is 1.82. The molecular weight excluding hydrogens is 189 g/mol. The minimum absolute atomic E-state index is 0.411. The largest absolute Gasteiger partial charge is 0.246 e. The van der Waals surface area contributed by atoms with E-state index in [9.17, 15) is 4.39 Å². The molecule has 0 amide bonds. The number of alkyl halides is 1. The summed E-state index contributed by atoms with van der Waals surface area (Å²) in [4.78, 5) is 0. The smallest absolute Gasteiger partial charge is 0.115 e. The van der Waals surface area contributed by atoms with E-state index in [1.54, 1.807) is 18.2 Å². The van der Waals surface area contributed by atoms with Crippen molar-refractivity contribution >= 4 is 11.6 Å². The van der Waals surface area contributed by atoms with Gasteiger partial charge in [0.1, 0.15) is 6.67 Å². The Morgan fingerprint density at radius 2 is 2.15 bits per heavy atom. The molecule has 1 aromatic rings. The van der Waals surface area contributed by atoms with Crippen LogP contribution in [0.15, 0.2) is 18.2 Å². The van der Waals surface area contributed by atoms with E-state index in [0.29, 0.717) is 23.4 Å². The first-order valence-corrected chi connectivity index (χ1v) is 4.36. The summed E-state index contributed by atoms with van der Waals surface area (Å²) in [6.45, 7) is -0.526. The fourth-order valence-corrected chi connectivity index (χ4v) is 1.35. The van der Waals surface area contributed by atoms with Gasteiger partial charge in [0.15, 0.2) is 0 Å². The molecule has 0 fully saturated rings. The molecular formula is C10H9ClFN. The van der Waals surface area contributed by atoms with Crippen LogP contribution in [0.1, 0.15) is 17.5 Å². The molecule has 0 aliphatic carbocycles. The first-order valence-electron chi connectivity index (χ1n) is 3.98. The lowest BCUT2D eigenvalue weighted by Crippen LogP contribution is -1.91. The lowest BCUT2D eigenvalue weighted by atomic mass is 10.0. The average Bonchev–Trinajstić information content (AvgIpc) is 2.16. The Kier molecular flexibility index (Phi) is 3.72. The molecule has 1 rings (SSSR count). The number of nitrogens with zero attached hydrogens (tertiary/aromatic N) is 1. The Morgan fingerprint density at radius 3 is 2.77 bits per heavy atom. The molecule has 0 spiro atoms. The van der Waals surface area contributed by atoms with Gasteiger partial charge in [-0.25, -0.2) is 4.39 Å². The minimum Gasteiger partial charge on any atom is -0.246 e. The third kappa shape index (κ3) is 2.71. The summed E-state index contributed by atoms with van der Waals surface area (Å²) in [6, 6.07) is 7.12. The van der Waals surface area contributed by atoms with Gasteiger partial charge in [-0.3, -0.25) is 0 Å². The predicted molar refractivity (Wildman–Crippen MR) is 50.2 cm³/mol. The van der Waals surface area contributed by atoms with Crippen molar-refractivity contribution in [2.75, 3.05) is 0 Å². The van der Waals surface area contributed by atoms with Gasteiger partial charge >= 0.3 is 0 Å². The van der Waals surface area contributed by atoms with Crippen LogP contribution in [-0.2, 0) is 13.1 Å². The molecule has 0 saturated heterocycles. The second-order valence-corrected chi connectivity index (χ2v) is 3.14. The number of benzene rings is 1. The van der Waals surface area contributed by atoms with E-state index >= 15 is 0 Å². The first kappa shape index (κ1) is 10.0. The number of hydrogen-bond donors (Lipinski definition) is 0. The molecule has 1 aromatic carbocycles. The van der Waals surface area contributed by atoms with Crippen LogP contribution < -0.4 is 0 Å². The molecule has 0 aromatic heterocycles.